The van der Waals surface area contributed by atoms with Gasteiger partial charge in [0.25, 0.3) is 0 Å². The molecule has 20 heavy (non-hydrogen) atoms. The topological polar surface area (TPSA) is 12.4 Å². The Labute approximate surface area is 121 Å². The van der Waals surface area contributed by atoms with E-state index < -0.39 is 0 Å². The van der Waals surface area contributed by atoms with Crippen molar-refractivity contribution >= 4 is 6.34 Å². The summed E-state index contributed by atoms with van der Waals surface area (Å²) in [5.74, 6) is 0. The maximum atomic E-state index is 4.47. The first kappa shape index (κ1) is 13.1. The van der Waals surface area contributed by atoms with E-state index in [0.717, 1.165) is 24.0 Å². The molecule has 2 heteroatoms. The molecule has 0 aliphatic carbocycles. The van der Waals surface area contributed by atoms with Crippen molar-refractivity contribution in [3.8, 4) is 0 Å². The molecule has 102 valence electrons. The Morgan fingerprint density at radius 2 is 1.65 bits per heavy atom. The smallest absolute Gasteiger partial charge is 0.185 e. The summed E-state index contributed by atoms with van der Waals surface area (Å²) in [6.45, 7) is 2.03. The molecule has 0 aromatic heterocycles. The maximum Gasteiger partial charge on any atom is 0.185 e. The number of benzene rings is 2. The molecule has 2 aromatic carbocycles. The van der Waals surface area contributed by atoms with Gasteiger partial charge in [0.1, 0.15) is 12.6 Å². The largest absolute Gasteiger partial charge is 0.276 e. The Morgan fingerprint density at radius 3 is 2.25 bits per heavy atom. The summed E-state index contributed by atoms with van der Waals surface area (Å²) in [7, 11) is 2.29. The summed E-state index contributed by atoms with van der Waals surface area (Å²) in [6.07, 6.45) is 3.17. The van der Waals surface area contributed by atoms with Crippen LogP contribution in [0.2, 0.25) is 0 Å². The predicted molar refractivity (Wildman–Crippen MR) is 83.7 cm³/mol. The van der Waals surface area contributed by atoms with Crippen molar-refractivity contribution in [3.63, 3.8) is 0 Å². The quantitative estimate of drug-likeness (QED) is 0.751. The van der Waals surface area contributed by atoms with Crippen molar-refractivity contribution in [3.05, 3.63) is 71.8 Å². The molecule has 3 rings (SSSR count). The first-order valence-electron chi connectivity index (χ1n) is 7.23. The van der Waals surface area contributed by atoms with Crippen LogP contribution in [-0.2, 0) is 6.42 Å². The van der Waals surface area contributed by atoms with Crippen LogP contribution in [0, 0.1) is 0 Å². The molecule has 1 aliphatic rings. The molecule has 0 radical (unpaired) electrons. The van der Waals surface area contributed by atoms with E-state index in [2.05, 4.69) is 79.0 Å². The number of aliphatic imine (C=N–C) groups is 1. The minimum atomic E-state index is 0.435. The highest BCUT2D eigenvalue weighted by atomic mass is 15.4. The lowest BCUT2D eigenvalue weighted by molar-refractivity contribution is -0.841. The molecular weight excluding hydrogens is 244 g/mol. The number of rotatable bonds is 4. The Balaban J connectivity index is 1.94. The van der Waals surface area contributed by atoms with E-state index in [-0.39, 0.29) is 0 Å². The highest BCUT2D eigenvalue weighted by Crippen LogP contribution is 2.30. The Kier molecular flexibility index (Phi) is 3.66. The zero-order chi connectivity index (χ0) is 13.8. The second kappa shape index (κ2) is 5.59. The number of quaternary nitrogens is 1. The first-order valence-corrected chi connectivity index (χ1v) is 7.23. The van der Waals surface area contributed by atoms with E-state index in [1.807, 2.05) is 0 Å². The highest BCUT2D eigenvalue weighted by molar-refractivity contribution is 5.49. The van der Waals surface area contributed by atoms with E-state index in [1.165, 1.54) is 11.1 Å². The van der Waals surface area contributed by atoms with Crippen LogP contribution < -0.4 is 0 Å². The van der Waals surface area contributed by atoms with Gasteiger partial charge in [-0.25, -0.2) is 4.99 Å². The average molecular weight is 265 g/mol. The molecule has 0 saturated carbocycles. The monoisotopic (exact) mass is 265 g/mol. The van der Waals surface area contributed by atoms with E-state index in [4.69, 9.17) is 0 Å². The molecule has 1 heterocycles. The van der Waals surface area contributed by atoms with Gasteiger partial charge in [-0.1, -0.05) is 60.7 Å². The van der Waals surface area contributed by atoms with Crippen LogP contribution in [0.3, 0.4) is 0 Å². The van der Waals surface area contributed by atoms with Gasteiger partial charge in [0.05, 0.1) is 13.6 Å². The third-order valence-corrected chi connectivity index (χ3v) is 4.22. The minimum Gasteiger partial charge on any atom is -0.276 e. The van der Waals surface area contributed by atoms with Gasteiger partial charge >= 0.3 is 0 Å². The fourth-order valence-corrected chi connectivity index (χ4v) is 2.99. The van der Waals surface area contributed by atoms with Crippen LogP contribution >= 0.6 is 0 Å². The van der Waals surface area contributed by atoms with Crippen LogP contribution in [0.1, 0.15) is 17.2 Å². The van der Waals surface area contributed by atoms with Crippen LogP contribution in [-0.4, -0.2) is 31.0 Å². The fraction of sp³-hybridized carbons (Fsp3) is 0.278. The lowest BCUT2D eigenvalue weighted by atomic mass is 9.96. The van der Waals surface area contributed by atoms with Gasteiger partial charge in [0.2, 0.25) is 0 Å². The maximum absolute atomic E-state index is 4.47. The molecule has 0 fully saturated rings. The lowest BCUT2D eigenvalue weighted by Gasteiger charge is -2.35. The molecule has 2 atom stereocenters. The molecule has 0 bridgehead atoms. The fourth-order valence-electron chi connectivity index (χ4n) is 2.99. The minimum absolute atomic E-state index is 0.435. The summed E-state index contributed by atoms with van der Waals surface area (Å²) in [6, 6.07) is 22.0. The van der Waals surface area contributed by atoms with E-state index in [0.29, 0.717) is 6.04 Å². The summed E-state index contributed by atoms with van der Waals surface area (Å²) < 4.78 is 0.902. The zero-order valence-electron chi connectivity index (χ0n) is 11.9. The Hall–Kier alpha value is -1.93. The van der Waals surface area contributed by atoms with Gasteiger partial charge in [-0.15, -0.1) is 0 Å². The molecule has 1 aliphatic heterocycles. The normalized spacial score (nSPS) is 22.9. The summed E-state index contributed by atoms with van der Waals surface area (Å²) in [5.41, 5.74) is 2.79. The van der Waals surface area contributed by atoms with Crippen LogP contribution in [0.15, 0.2) is 65.7 Å². The van der Waals surface area contributed by atoms with Crippen LogP contribution in [0.25, 0.3) is 0 Å². The number of likely N-dealkylation sites (N-methyl/N-ethyl adjacent to an activating group) is 1. The Morgan fingerprint density at radius 1 is 1.00 bits per heavy atom. The van der Waals surface area contributed by atoms with Gasteiger partial charge < -0.3 is 0 Å². The third-order valence-electron chi connectivity index (χ3n) is 4.22. The summed E-state index contributed by atoms with van der Waals surface area (Å²) >= 11 is 0. The molecule has 0 saturated heterocycles. The molecule has 2 aromatic rings. The summed E-state index contributed by atoms with van der Waals surface area (Å²) in [4.78, 5) is 4.47. The van der Waals surface area contributed by atoms with Crippen molar-refractivity contribution in [2.24, 2.45) is 4.99 Å². The first-order chi connectivity index (χ1) is 9.78. The standard InChI is InChI=1S/C18H21N2/c1-20(13-12-19-15-20)18(17-10-6-3-7-11-17)14-16-8-4-2-5-9-16/h2-11,15,18H,12-14H2,1H3/q+1. The molecule has 0 N–H and O–H groups in total. The second-order valence-corrected chi connectivity index (χ2v) is 5.71. The summed E-state index contributed by atoms with van der Waals surface area (Å²) in [5, 5.41) is 0. The lowest BCUT2D eigenvalue weighted by Crippen LogP contribution is -2.45. The van der Waals surface area contributed by atoms with Gasteiger partial charge in [-0.3, -0.25) is 4.48 Å². The number of nitrogens with zero attached hydrogens (tertiary/aromatic N) is 2. The SMILES string of the molecule is C[N+]1(C(Cc2ccccc2)c2ccccc2)C=NCC1. The van der Waals surface area contributed by atoms with Crippen LogP contribution in [0.5, 0.6) is 0 Å². The zero-order valence-corrected chi connectivity index (χ0v) is 11.9. The van der Waals surface area contributed by atoms with Crippen molar-refractivity contribution in [2.45, 2.75) is 12.5 Å². The third kappa shape index (κ3) is 2.66. The van der Waals surface area contributed by atoms with Crippen molar-refractivity contribution in [1.82, 2.24) is 0 Å². The van der Waals surface area contributed by atoms with Crippen molar-refractivity contribution in [1.29, 1.82) is 0 Å². The van der Waals surface area contributed by atoms with Crippen molar-refractivity contribution < 1.29 is 4.48 Å². The van der Waals surface area contributed by atoms with E-state index in [1.54, 1.807) is 0 Å². The Bertz CT molecular complexity index is 577. The highest BCUT2D eigenvalue weighted by Gasteiger charge is 2.35. The number of hydrogen-bond donors (Lipinski definition) is 0. The van der Waals surface area contributed by atoms with Gasteiger partial charge in [0, 0.05) is 12.0 Å². The van der Waals surface area contributed by atoms with Crippen LogP contribution in [0.4, 0.5) is 0 Å². The number of hydrogen-bond acceptors (Lipinski definition) is 1. The van der Waals surface area contributed by atoms with Gasteiger partial charge in [-0.2, -0.15) is 0 Å². The van der Waals surface area contributed by atoms with Gasteiger partial charge in [-0.05, 0) is 5.56 Å². The molecule has 2 unspecified atom stereocenters. The average Bonchev–Trinajstić information content (AvgIpc) is 2.94. The molecule has 0 amide bonds. The predicted octanol–water partition coefficient (Wildman–Crippen LogP) is 3.46. The molecular formula is C18H21N2+. The second-order valence-electron chi connectivity index (χ2n) is 5.71. The van der Waals surface area contributed by atoms with E-state index in [9.17, 15) is 0 Å². The molecule has 0 spiro atoms. The van der Waals surface area contributed by atoms with Gasteiger partial charge in [0.15, 0.2) is 6.34 Å². The molecule has 2 nitrogen and oxygen atoms in total. The van der Waals surface area contributed by atoms with Crippen molar-refractivity contribution in [2.75, 3.05) is 20.1 Å². The van der Waals surface area contributed by atoms with E-state index >= 15 is 0 Å².